The Hall–Kier alpha value is -2.21. The number of hydrogen-bond donors (Lipinski definition) is 1. The zero-order valence-corrected chi connectivity index (χ0v) is 11.5. The Balaban J connectivity index is 1.80. The van der Waals surface area contributed by atoms with Gasteiger partial charge in [-0.05, 0) is 24.6 Å². The number of carbonyl (C=O) groups is 2. The van der Waals surface area contributed by atoms with Crippen molar-refractivity contribution < 1.29 is 9.59 Å². The first-order valence-corrected chi connectivity index (χ1v) is 7.23. The fourth-order valence-electron chi connectivity index (χ4n) is 2.19. The molecule has 1 aromatic heterocycles. The van der Waals surface area contributed by atoms with Gasteiger partial charge in [0.15, 0.2) is 5.13 Å². The van der Waals surface area contributed by atoms with E-state index in [-0.39, 0.29) is 11.8 Å². The summed E-state index contributed by atoms with van der Waals surface area (Å²) in [4.78, 5) is 29.6. The molecule has 20 heavy (non-hydrogen) atoms. The van der Waals surface area contributed by atoms with E-state index in [0.717, 1.165) is 18.7 Å². The van der Waals surface area contributed by atoms with Crippen molar-refractivity contribution in [2.24, 2.45) is 0 Å². The van der Waals surface area contributed by atoms with Gasteiger partial charge in [-0.3, -0.25) is 14.9 Å². The van der Waals surface area contributed by atoms with Crippen molar-refractivity contribution in [3.8, 4) is 0 Å². The highest BCUT2D eigenvalue weighted by atomic mass is 32.1. The second-order valence-corrected chi connectivity index (χ2v) is 5.39. The molecule has 1 aromatic carbocycles. The number of carbonyl (C=O) groups excluding carboxylic acids is 2. The van der Waals surface area contributed by atoms with E-state index in [0.29, 0.717) is 17.1 Å². The Bertz CT molecular complexity index is 640. The summed E-state index contributed by atoms with van der Waals surface area (Å²) in [5.74, 6) is -0.101. The van der Waals surface area contributed by atoms with Crippen LogP contribution in [0.1, 0.15) is 23.2 Å². The predicted molar refractivity (Wildman–Crippen MR) is 78.1 cm³/mol. The van der Waals surface area contributed by atoms with Crippen LogP contribution in [0.15, 0.2) is 35.8 Å². The van der Waals surface area contributed by atoms with Gasteiger partial charge in [-0.1, -0.05) is 6.07 Å². The summed E-state index contributed by atoms with van der Waals surface area (Å²) in [6.45, 7) is 0.719. The van der Waals surface area contributed by atoms with Crippen LogP contribution in [0.25, 0.3) is 0 Å². The summed E-state index contributed by atoms with van der Waals surface area (Å²) in [5.41, 5.74) is 1.30. The van der Waals surface area contributed by atoms with Crippen molar-refractivity contribution in [1.82, 2.24) is 4.98 Å². The number of rotatable bonds is 3. The molecule has 1 aliphatic rings. The van der Waals surface area contributed by atoms with Crippen molar-refractivity contribution in [3.05, 3.63) is 41.4 Å². The SMILES string of the molecule is O=C(Nc1nccs1)c1cccc(N2CCCC2=O)c1. The lowest BCUT2D eigenvalue weighted by atomic mass is 10.2. The maximum Gasteiger partial charge on any atom is 0.257 e. The Labute approximate surface area is 120 Å². The second-order valence-electron chi connectivity index (χ2n) is 4.49. The number of hydrogen-bond acceptors (Lipinski definition) is 4. The molecule has 0 radical (unpaired) electrons. The van der Waals surface area contributed by atoms with Gasteiger partial charge in [0.1, 0.15) is 0 Å². The van der Waals surface area contributed by atoms with Gasteiger partial charge >= 0.3 is 0 Å². The van der Waals surface area contributed by atoms with Gasteiger partial charge in [0.2, 0.25) is 5.91 Å². The fraction of sp³-hybridized carbons (Fsp3) is 0.214. The highest BCUT2D eigenvalue weighted by molar-refractivity contribution is 7.13. The molecule has 1 N–H and O–H groups in total. The highest BCUT2D eigenvalue weighted by Gasteiger charge is 2.22. The molecule has 102 valence electrons. The summed E-state index contributed by atoms with van der Waals surface area (Å²) in [7, 11) is 0. The number of aromatic nitrogens is 1. The lowest BCUT2D eigenvalue weighted by molar-refractivity contribution is -0.117. The monoisotopic (exact) mass is 287 g/mol. The van der Waals surface area contributed by atoms with Gasteiger partial charge in [-0.15, -0.1) is 11.3 Å². The van der Waals surface area contributed by atoms with Gasteiger partial charge in [0.05, 0.1) is 0 Å². The van der Waals surface area contributed by atoms with E-state index in [1.54, 1.807) is 34.7 Å². The minimum absolute atomic E-state index is 0.113. The Morgan fingerprint density at radius 2 is 2.30 bits per heavy atom. The second kappa shape index (κ2) is 5.42. The van der Waals surface area contributed by atoms with E-state index < -0.39 is 0 Å². The zero-order chi connectivity index (χ0) is 13.9. The van der Waals surface area contributed by atoms with Crippen LogP contribution in [0.4, 0.5) is 10.8 Å². The van der Waals surface area contributed by atoms with Crippen LogP contribution in [0, 0.1) is 0 Å². The molecule has 1 fully saturated rings. The third kappa shape index (κ3) is 2.55. The van der Waals surface area contributed by atoms with Crippen molar-refractivity contribution in [2.75, 3.05) is 16.8 Å². The molecule has 2 aromatic rings. The highest BCUT2D eigenvalue weighted by Crippen LogP contribution is 2.22. The first-order valence-electron chi connectivity index (χ1n) is 6.35. The van der Waals surface area contributed by atoms with Crippen LogP contribution >= 0.6 is 11.3 Å². The summed E-state index contributed by atoms with van der Waals surface area (Å²) >= 11 is 1.37. The lowest BCUT2D eigenvalue weighted by Gasteiger charge is -2.16. The largest absolute Gasteiger partial charge is 0.312 e. The number of amides is 2. The number of nitrogens with zero attached hydrogens (tertiary/aromatic N) is 2. The molecular formula is C14H13N3O2S. The quantitative estimate of drug-likeness (QED) is 0.943. The third-order valence-corrected chi connectivity index (χ3v) is 3.83. The Morgan fingerprint density at radius 3 is 3.00 bits per heavy atom. The predicted octanol–water partition coefficient (Wildman–Crippen LogP) is 2.52. The summed E-state index contributed by atoms with van der Waals surface area (Å²) < 4.78 is 0. The first-order chi connectivity index (χ1) is 9.74. The average molecular weight is 287 g/mol. The van der Waals surface area contributed by atoms with Crippen LogP contribution in [0.2, 0.25) is 0 Å². The summed E-state index contributed by atoms with van der Waals surface area (Å²) in [6.07, 6.45) is 3.09. The van der Waals surface area contributed by atoms with E-state index in [1.165, 1.54) is 11.3 Å². The zero-order valence-electron chi connectivity index (χ0n) is 10.7. The third-order valence-electron chi connectivity index (χ3n) is 3.15. The topological polar surface area (TPSA) is 62.3 Å². The van der Waals surface area contributed by atoms with Gasteiger partial charge < -0.3 is 4.90 Å². The molecule has 0 spiro atoms. The molecule has 0 aliphatic carbocycles. The van der Waals surface area contributed by atoms with Gasteiger partial charge in [-0.2, -0.15) is 0 Å². The number of anilines is 2. The van der Waals surface area contributed by atoms with Crippen LogP contribution in [-0.2, 0) is 4.79 Å². The Kier molecular flexibility index (Phi) is 3.47. The Morgan fingerprint density at radius 1 is 1.40 bits per heavy atom. The van der Waals surface area contributed by atoms with Crippen LogP contribution < -0.4 is 10.2 Å². The van der Waals surface area contributed by atoms with Gasteiger partial charge in [-0.25, -0.2) is 4.98 Å². The molecule has 6 heteroatoms. The average Bonchev–Trinajstić information content (AvgIpc) is 3.10. The molecule has 0 saturated carbocycles. The molecule has 0 atom stereocenters. The number of nitrogens with one attached hydrogen (secondary N) is 1. The fourth-order valence-corrected chi connectivity index (χ4v) is 2.71. The van der Waals surface area contributed by atoms with Crippen molar-refractivity contribution >= 4 is 34.0 Å². The summed E-state index contributed by atoms with van der Waals surface area (Å²) in [5, 5.41) is 5.10. The molecule has 5 nitrogen and oxygen atoms in total. The number of benzene rings is 1. The molecule has 1 saturated heterocycles. The van der Waals surface area contributed by atoms with Crippen molar-refractivity contribution in [1.29, 1.82) is 0 Å². The normalized spacial score (nSPS) is 14.6. The standard InChI is InChI=1S/C14H13N3O2S/c18-12-5-2-7-17(12)11-4-1-3-10(9-11)13(19)16-14-15-6-8-20-14/h1,3-4,6,8-9H,2,5,7H2,(H,15,16,19). The van der Waals surface area contributed by atoms with Crippen molar-refractivity contribution in [3.63, 3.8) is 0 Å². The smallest absolute Gasteiger partial charge is 0.257 e. The van der Waals surface area contributed by atoms with E-state index in [9.17, 15) is 9.59 Å². The molecule has 0 bridgehead atoms. The van der Waals surface area contributed by atoms with E-state index >= 15 is 0 Å². The summed E-state index contributed by atoms with van der Waals surface area (Å²) in [6, 6.07) is 7.11. The molecular weight excluding hydrogens is 274 g/mol. The van der Waals surface area contributed by atoms with E-state index in [1.807, 2.05) is 6.07 Å². The minimum Gasteiger partial charge on any atom is -0.312 e. The van der Waals surface area contributed by atoms with E-state index in [2.05, 4.69) is 10.3 Å². The minimum atomic E-state index is -0.214. The molecule has 1 aliphatic heterocycles. The molecule has 2 heterocycles. The van der Waals surface area contributed by atoms with Crippen LogP contribution in [0.5, 0.6) is 0 Å². The maximum absolute atomic E-state index is 12.1. The van der Waals surface area contributed by atoms with Gasteiger partial charge in [0, 0.05) is 35.8 Å². The maximum atomic E-state index is 12.1. The van der Waals surface area contributed by atoms with Crippen LogP contribution in [0.3, 0.4) is 0 Å². The number of thiazole rings is 1. The molecule has 3 rings (SSSR count). The van der Waals surface area contributed by atoms with Crippen molar-refractivity contribution in [2.45, 2.75) is 12.8 Å². The lowest BCUT2D eigenvalue weighted by Crippen LogP contribution is -2.24. The molecule has 0 unspecified atom stereocenters. The van der Waals surface area contributed by atoms with Gasteiger partial charge in [0.25, 0.3) is 5.91 Å². The van der Waals surface area contributed by atoms with E-state index in [4.69, 9.17) is 0 Å². The van der Waals surface area contributed by atoms with Crippen LogP contribution in [-0.4, -0.2) is 23.3 Å². The molecule has 2 amide bonds. The first kappa shape index (κ1) is 12.8.